The molecule has 0 saturated carbocycles. The molecule has 2 fully saturated rings. The summed E-state index contributed by atoms with van der Waals surface area (Å²) in [5.74, 6) is -2.22. The van der Waals surface area contributed by atoms with Crippen molar-refractivity contribution < 1.29 is 23.9 Å². The van der Waals surface area contributed by atoms with E-state index in [1.165, 1.54) is 29.2 Å². The van der Waals surface area contributed by atoms with Gasteiger partial charge in [-0.05, 0) is 56.9 Å². The van der Waals surface area contributed by atoms with Crippen LogP contribution >= 0.6 is 0 Å². The van der Waals surface area contributed by atoms with Crippen molar-refractivity contribution in [2.75, 3.05) is 19.6 Å². The van der Waals surface area contributed by atoms with Crippen LogP contribution in [-0.4, -0.2) is 57.9 Å². The van der Waals surface area contributed by atoms with E-state index in [0.29, 0.717) is 44.3 Å². The highest BCUT2D eigenvalue weighted by Gasteiger charge is 2.47. The zero-order valence-electron chi connectivity index (χ0n) is 14.8. The normalized spacial score (nSPS) is 26.0. The molecule has 2 amide bonds. The summed E-state index contributed by atoms with van der Waals surface area (Å²) >= 11 is 0. The molecule has 2 heterocycles. The van der Waals surface area contributed by atoms with Crippen LogP contribution in [-0.2, 0) is 9.59 Å². The van der Waals surface area contributed by atoms with Gasteiger partial charge in [0.1, 0.15) is 11.4 Å². The van der Waals surface area contributed by atoms with Gasteiger partial charge in [-0.2, -0.15) is 0 Å². The Morgan fingerprint density at radius 3 is 2.50 bits per heavy atom. The summed E-state index contributed by atoms with van der Waals surface area (Å²) in [7, 11) is 0. The lowest BCUT2D eigenvalue weighted by Gasteiger charge is -2.38. The van der Waals surface area contributed by atoms with Crippen molar-refractivity contribution in [2.45, 2.75) is 38.1 Å². The molecule has 3 rings (SSSR count). The molecule has 2 aliphatic heterocycles. The summed E-state index contributed by atoms with van der Waals surface area (Å²) in [6.07, 6.45) is 2.43. The lowest BCUT2D eigenvalue weighted by molar-refractivity contribution is -0.157. The van der Waals surface area contributed by atoms with Gasteiger partial charge in [0.2, 0.25) is 5.91 Å². The maximum absolute atomic E-state index is 13.0. The van der Waals surface area contributed by atoms with Crippen molar-refractivity contribution in [1.29, 1.82) is 0 Å². The van der Waals surface area contributed by atoms with Crippen molar-refractivity contribution in [1.82, 2.24) is 9.80 Å². The van der Waals surface area contributed by atoms with Crippen LogP contribution in [0.5, 0.6) is 0 Å². The van der Waals surface area contributed by atoms with Gasteiger partial charge in [0, 0.05) is 25.2 Å². The van der Waals surface area contributed by atoms with Crippen LogP contribution in [0.3, 0.4) is 0 Å². The zero-order chi connectivity index (χ0) is 18.9. The lowest BCUT2D eigenvalue weighted by Crippen LogP contribution is -2.55. The van der Waals surface area contributed by atoms with E-state index in [1.54, 1.807) is 11.8 Å². The standard InChI is InChI=1S/C19H23FN2O4/c1-19(18(25)26)9-3-11-22(19)17(24)14-4-2-10-21(12-14)16(23)13-5-7-15(20)8-6-13/h5-8,14H,2-4,9-12H2,1H3,(H,25,26). The maximum Gasteiger partial charge on any atom is 0.329 e. The van der Waals surface area contributed by atoms with E-state index in [-0.39, 0.29) is 18.4 Å². The fraction of sp³-hybridized carbons (Fsp3) is 0.526. The monoisotopic (exact) mass is 362 g/mol. The molecular weight excluding hydrogens is 339 g/mol. The molecular formula is C19H23FN2O4. The predicted octanol–water partition coefficient (Wildman–Crippen LogP) is 2.14. The van der Waals surface area contributed by atoms with E-state index in [2.05, 4.69) is 0 Å². The third kappa shape index (κ3) is 3.30. The number of benzene rings is 1. The first kappa shape index (κ1) is 18.4. The molecule has 0 aliphatic carbocycles. The summed E-state index contributed by atoms with van der Waals surface area (Å²) in [6, 6.07) is 5.35. The molecule has 2 saturated heterocycles. The number of halogens is 1. The molecule has 0 radical (unpaired) electrons. The zero-order valence-corrected chi connectivity index (χ0v) is 14.8. The minimum Gasteiger partial charge on any atom is -0.480 e. The van der Waals surface area contributed by atoms with Crippen LogP contribution in [0.25, 0.3) is 0 Å². The topological polar surface area (TPSA) is 77.9 Å². The fourth-order valence-electron chi connectivity index (χ4n) is 3.90. The molecule has 2 atom stereocenters. The lowest BCUT2D eigenvalue weighted by atomic mass is 9.93. The van der Waals surface area contributed by atoms with Gasteiger partial charge >= 0.3 is 5.97 Å². The molecule has 2 unspecified atom stereocenters. The Kier molecular flexibility index (Phi) is 4.98. The number of aliphatic carboxylic acids is 1. The number of carboxylic acid groups (broad SMARTS) is 1. The summed E-state index contributed by atoms with van der Waals surface area (Å²) in [5, 5.41) is 9.51. The van der Waals surface area contributed by atoms with Crippen LogP contribution in [0, 0.1) is 11.7 Å². The van der Waals surface area contributed by atoms with Gasteiger partial charge in [0.25, 0.3) is 5.91 Å². The smallest absolute Gasteiger partial charge is 0.329 e. The second-order valence-electron chi connectivity index (χ2n) is 7.27. The van der Waals surface area contributed by atoms with Crippen molar-refractivity contribution in [3.8, 4) is 0 Å². The number of rotatable bonds is 3. The largest absolute Gasteiger partial charge is 0.480 e. The van der Waals surface area contributed by atoms with Crippen LogP contribution in [0.4, 0.5) is 4.39 Å². The maximum atomic E-state index is 13.0. The highest BCUT2D eigenvalue weighted by atomic mass is 19.1. The number of carbonyl (C=O) groups is 3. The fourth-order valence-corrected chi connectivity index (χ4v) is 3.90. The summed E-state index contributed by atoms with van der Waals surface area (Å²) < 4.78 is 13.0. The number of hydrogen-bond acceptors (Lipinski definition) is 3. The van der Waals surface area contributed by atoms with Gasteiger partial charge in [-0.1, -0.05) is 0 Å². The molecule has 6 nitrogen and oxygen atoms in total. The Bertz CT molecular complexity index is 721. The van der Waals surface area contributed by atoms with E-state index in [0.717, 1.165) is 0 Å². The van der Waals surface area contributed by atoms with Gasteiger partial charge in [-0.15, -0.1) is 0 Å². The molecule has 1 aromatic carbocycles. The third-order valence-electron chi connectivity index (χ3n) is 5.52. The Labute approximate surface area is 151 Å². The van der Waals surface area contributed by atoms with E-state index < -0.39 is 23.2 Å². The van der Waals surface area contributed by atoms with Gasteiger partial charge in [-0.25, -0.2) is 9.18 Å². The first-order valence-electron chi connectivity index (χ1n) is 8.92. The molecule has 0 spiro atoms. The molecule has 1 aromatic rings. The second-order valence-corrected chi connectivity index (χ2v) is 7.27. The number of nitrogens with zero attached hydrogens (tertiary/aromatic N) is 2. The predicted molar refractivity (Wildman–Crippen MR) is 92.0 cm³/mol. The molecule has 7 heteroatoms. The average molecular weight is 362 g/mol. The first-order valence-corrected chi connectivity index (χ1v) is 8.92. The number of hydrogen-bond donors (Lipinski definition) is 1. The van der Waals surface area contributed by atoms with Crippen LogP contribution in [0.15, 0.2) is 24.3 Å². The SMILES string of the molecule is CC1(C(=O)O)CCCN1C(=O)C1CCCN(C(=O)c2ccc(F)cc2)C1. The molecule has 0 bridgehead atoms. The summed E-state index contributed by atoms with van der Waals surface area (Å²) in [4.78, 5) is 40.3. The third-order valence-corrected chi connectivity index (χ3v) is 5.52. The van der Waals surface area contributed by atoms with E-state index in [4.69, 9.17) is 0 Å². The Hall–Kier alpha value is -2.44. The number of carboxylic acids is 1. The second kappa shape index (κ2) is 7.05. The highest BCUT2D eigenvalue weighted by molar-refractivity contribution is 5.95. The molecule has 0 aromatic heterocycles. The van der Waals surface area contributed by atoms with E-state index in [1.807, 2.05) is 0 Å². The Balaban J connectivity index is 1.72. The van der Waals surface area contributed by atoms with Gasteiger partial charge in [0.05, 0.1) is 5.92 Å². The van der Waals surface area contributed by atoms with Crippen LogP contribution in [0.2, 0.25) is 0 Å². The number of likely N-dealkylation sites (tertiary alicyclic amines) is 2. The number of piperidine rings is 1. The average Bonchev–Trinajstić information content (AvgIpc) is 3.04. The van der Waals surface area contributed by atoms with Crippen molar-refractivity contribution in [2.24, 2.45) is 5.92 Å². The molecule has 2 aliphatic rings. The summed E-state index contributed by atoms with van der Waals surface area (Å²) in [6.45, 7) is 2.83. The van der Waals surface area contributed by atoms with Crippen LogP contribution < -0.4 is 0 Å². The first-order chi connectivity index (χ1) is 12.3. The van der Waals surface area contributed by atoms with Gasteiger partial charge in [0.15, 0.2) is 0 Å². The quantitative estimate of drug-likeness (QED) is 0.894. The Morgan fingerprint density at radius 1 is 1.15 bits per heavy atom. The van der Waals surface area contributed by atoms with Gasteiger partial charge < -0.3 is 14.9 Å². The van der Waals surface area contributed by atoms with E-state index in [9.17, 15) is 23.9 Å². The van der Waals surface area contributed by atoms with Gasteiger partial charge in [-0.3, -0.25) is 9.59 Å². The minimum atomic E-state index is -1.17. The minimum absolute atomic E-state index is 0.191. The van der Waals surface area contributed by atoms with Crippen molar-refractivity contribution in [3.63, 3.8) is 0 Å². The van der Waals surface area contributed by atoms with Crippen molar-refractivity contribution in [3.05, 3.63) is 35.6 Å². The molecule has 26 heavy (non-hydrogen) atoms. The van der Waals surface area contributed by atoms with E-state index >= 15 is 0 Å². The van der Waals surface area contributed by atoms with Crippen LogP contribution in [0.1, 0.15) is 43.0 Å². The molecule has 1 N–H and O–H groups in total. The molecule has 140 valence electrons. The summed E-state index contributed by atoms with van der Waals surface area (Å²) in [5.41, 5.74) is -0.781. The number of carbonyl (C=O) groups excluding carboxylic acids is 2. The number of amides is 2. The van der Waals surface area contributed by atoms with Crippen molar-refractivity contribution >= 4 is 17.8 Å². The highest BCUT2D eigenvalue weighted by Crippen LogP contribution is 2.32. The Morgan fingerprint density at radius 2 is 1.85 bits per heavy atom.